The van der Waals surface area contributed by atoms with Crippen LogP contribution in [0.4, 0.5) is 0 Å². The topological polar surface area (TPSA) is 33.0 Å². The van der Waals surface area contributed by atoms with Gasteiger partial charge in [-0.3, -0.25) is 0 Å². The number of nitrogens with zero attached hydrogens (tertiary/aromatic N) is 1. The molecular formula is C9H19NOSi. The molecule has 70 valence electrons. The summed E-state index contributed by atoms with van der Waals surface area (Å²) < 4.78 is 5.73. The van der Waals surface area contributed by atoms with Crippen LogP contribution in [-0.2, 0) is 4.43 Å². The van der Waals surface area contributed by atoms with Gasteiger partial charge in [0.2, 0.25) is 0 Å². The minimum absolute atomic E-state index is 0.0744. The Balaban J connectivity index is 4.33. The minimum atomic E-state index is -1.57. The molecule has 0 N–H and O–H groups in total. The van der Waals surface area contributed by atoms with E-state index in [9.17, 15) is 0 Å². The molecule has 0 aliphatic rings. The molecule has 0 aliphatic heterocycles. The summed E-state index contributed by atoms with van der Waals surface area (Å²) in [6.45, 7) is 12.4. The van der Waals surface area contributed by atoms with Crippen molar-refractivity contribution in [2.75, 3.05) is 0 Å². The van der Waals surface area contributed by atoms with Crippen molar-refractivity contribution in [3.8, 4) is 6.07 Å². The van der Waals surface area contributed by atoms with Gasteiger partial charge in [0, 0.05) is 5.41 Å². The molecule has 0 amide bonds. The Kier molecular flexibility index (Phi) is 3.49. The van der Waals surface area contributed by atoms with Crippen LogP contribution >= 0.6 is 0 Å². The monoisotopic (exact) mass is 185 g/mol. The molecule has 0 aliphatic carbocycles. The third kappa shape index (κ3) is 4.53. The van der Waals surface area contributed by atoms with Gasteiger partial charge in [0.15, 0.2) is 8.32 Å². The summed E-state index contributed by atoms with van der Waals surface area (Å²) in [5.41, 5.74) is -0.0744. The highest BCUT2D eigenvalue weighted by Gasteiger charge is 2.30. The molecule has 0 saturated heterocycles. The van der Waals surface area contributed by atoms with Crippen LogP contribution in [-0.4, -0.2) is 14.4 Å². The van der Waals surface area contributed by atoms with E-state index in [4.69, 9.17) is 9.69 Å². The van der Waals surface area contributed by atoms with Gasteiger partial charge in [-0.25, -0.2) is 0 Å². The van der Waals surface area contributed by atoms with E-state index in [0.29, 0.717) is 0 Å². The number of hydrogen-bond acceptors (Lipinski definition) is 2. The third-order valence-corrected chi connectivity index (χ3v) is 2.32. The van der Waals surface area contributed by atoms with Gasteiger partial charge in [-0.05, 0) is 19.6 Å². The van der Waals surface area contributed by atoms with E-state index in [2.05, 4.69) is 25.7 Å². The first-order valence-corrected chi connectivity index (χ1v) is 7.65. The maximum absolute atomic E-state index is 8.87. The van der Waals surface area contributed by atoms with Crippen LogP contribution in [0.5, 0.6) is 0 Å². The second-order valence-corrected chi connectivity index (χ2v) is 9.57. The molecule has 0 fully saturated rings. The lowest BCUT2D eigenvalue weighted by atomic mass is 9.90. The molecule has 0 bridgehead atoms. The predicted octanol–water partition coefficient (Wildman–Crippen LogP) is 2.78. The Labute approximate surface area is 76.7 Å². The highest BCUT2D eigenvalue weighted by Crippen LogP contribution is 2.24. The predicted molar refractivity (Wildman–Crippen MR) is 53.3 cm³/mol. The van der Waals surface area contributed by atoms with E-state index in [1.165, 1.54) is 0 Å². The fraction of sp³-hybridized carbons (Fsp3) is 0.889. The van der Waals surface area contributed by atoms with Gasteiger partial charge >= 0.3 is 0 Å². The van der Waals surface area contributed by atoms with Crippen molar-refractivity contribution in [2.45, 2.75) is 46.5 Å². The van der Waals surface area contributed by atoms with Crippen molar-refractivity contribution in [2.24, 2.45) is 5.41 Å². The number of hydrogen-bond donors (Lipinski definition) is 0. The zero-order chi connectivity index (χ0) is 9.99. The van der Waals surface area contributed by atoms with Crippen molar-refractivity contribution in [3.05, 3.63) is 0 Å². The van der Waals surface area contributed by atoms with Crippen molar-refractivity contribution in [3.63, 3.8) is 0 Å². The maximum Gasteiger partial charge on any atom is 0.185 e. The van der Waals surface area contributed by atoms with Crippen molar-refractivity contribution >= 4 is 8.32 Å². The molecule has 12 heavy (non-hydrogen) atoms. The van der Waals surface area contributed by atoms with Crippen LogP contribution in [0.1, 0.15) is 20.8 Å². The van der Waals surface area contributed by atoms with Crippen LogP contribution in [0.15, 0.2) is 0 Å². The summed E-state index contributed by atoms with van der Waals surface area (Å²) in [6, 6.07) is 2.21. The molecule has 0 radical (unpaired) electrons. The van der Waals surface area contributed by atoms with E-state index in [1.54, 1.807) is 0 Å². The summed E-state index contributed by atoms with van der Waals surface area (Å²) in [4.78, 5) is 0. The molecular weight excluding hydrogens is 166 g/mol. The zero-order valence-electron chi connectivity index (χ0n) is 8.93. The molecule has 2 nitrogen and oxygen atoms in total. The molecule has 0 saturated carbocycles. The average molecular weight is 185 g/mol. The number of rotatable bonds is 2. The lowest BCUT2D eigenvalue weighted by molar-refractivity contribution is 0.128. The zero-order valence-corrected chi connectivity index (χ0v) is 9.93. The number of nitriles is 1. The van der Waals surface area contributed by atoms with Crippen LogP contribution < -0.4 is 0 Å². The first kappa shape index (κ1) is 11.7. The van der Waals surface area contributed by atoms with Crippen molar-refractivity contribution < 1.29 is 4.43 Å². The van der Waals surface area contributed by atoms with Gasteiger partial charge in [-0.15, -0.1) is 0 Å². The highest BCUT2D eigenvalue weighted by molar-refractivity contribution is 6.69. The standard InChI is InChI=1S/C9H19NOSi/c1-9(2,3)8(7-10)11-12(4,5)6/h8H,1-6H3/t8-/m0/s1. The molecule has 0 unspecified atom stereocenters. The van der Waals surface area contributed by atoms with Gasteiger partial charge in [-0.2, -0.15) is 5.26 Å². The van der Waals surface area contributed by atoms with Crippen LogP contribution in [0, 0.1) is 16.7 Å². The Hall–Kier alpha value is -0.333. The van der Waals surface area contributed by atoms with E-state index < -0.39 is 8.32 Å². The van der Waals surface area contributed by atoms with Crippen molar-refractivity contribution in [1.29, 1.82) is 5.26 Å². The average Bonchev–Trinajstić information content (AvgIpc) is 1.78. The van der Waals surface area contributed by atoms with E-state index >= 15 is 0 Å². The Bertz CT molecular complexity index is 182. The fourth-order valence-corrected chi connectivity index (χ4v) is 1.86. The molecule has 0 spiro atoms. The van der Waals surface area contributed by atoms with E-state index in [-0.39, 0.29) is 11.5 Å². The molecule has 3 heteroatoms. The first-order chi connectivity index (χ1) is 5.17. The van der Waals surface area contributed by atoms with Gasteiger partial charge < -0.3 is 4.43 Å². The van der Waals surface area contributed by atoms with E-state index in [1.807, 2.05) is 20.8 Å². The quantitative estimate of drug-likeness (QED) is 0.620. The summed E-state index contributed by atoms with van der Waals surface area (Å²) in [5.74, 6) is 0. The van der Waals surface area contributed by atoms with Crippen LogP contribution in [0.3, 0.4) is 0 Å². The first-order valence-electron chi connectivity index (χ1n) is 4.24. The smallest absolute Gasteiger partial charge is 0.185 e. The van der Waals surface area contributed by atoms with Gasteiger partial charge in [-0.1, -0.05) is 20.8 Å². The summed E-state index contributed by atoms with van der Waals surface area (Å²) in [7, 11) is -1.57. The van der Waals surface area contributed by atoms with Gasteiger partial charge in [0.1, 0.15) is 6.10 Å². The molecule has 0 rings (SSSR count). The molecule has 0 heterocycles. The Morgan fingerprint density at radius 3 is 1.75 bits per heavy atom. The van der Waals surface area contributed by atoms with Gasteiger partial charge in [0.25, 0.3) is 0 Å². The second kappa shape index (κ2) is 3.59. The fourth-order valence-electron chi connectivity index (χ4n) is 0.750. The highest BCUT2D eigenvalue weighted by atomic mass is 28.4. The van der Waals surface area contributed by atoms with Crippen LogP contribution in [0.2, 0.25) is 19.6 Å². The van der Waals surface area contributed by atoms with Crippen LogP contribution in [0.25, 0.3) is 0 Å². The molecule has 0 aromatic rings. The lowest BCUT2D eigenvalue weighted by Gasteiger charge is -2.30. The molecule has 1 atom stereocenters. The van der Waals surface area contributed by atoms with Crippen molar-refractivity contribution in [1.82, 2.24) is 0 Å². The molecule has 0 aromatic carbocycles. The lowest BCUT2D eigenvalue weighted by Crippen LogP contribution is -2.38. The molecule has 0 aromatic heterocycles. The summed E-state index contributed by atoms with van der Waals surface area (Å²) >= 11 is 0. The second-order valence-electron chi connectivity index (χ2n) is 5.11. The summed E-state index contributed by atoms with van der Waals surface area (Å²) in [5, 5.41) is 8.87. The maximum atomic E-state index is 8.87. The SMILES string of the molecule is CC(C)(C)[C@H](C#N)O[Si](C)(C)C. The van der Waals surface area contributed by atoms with Gasteiger partial charge in [0.05, 0.1) is 6.07 Å². The Morgan fingerprint density at radius 1 is 1.25 bits per heavy atom. The van der Waals surface area contributed by atoms with E-state index in [0.717, 1.165) is 0 Å². The Morgan fingerprint density at radius 2 is 1.67 bits per heavy atom. The minimum Gasteiger partial charge on any atom is -0.402 e. The summed E-state index contributed by atoms with van der Waals surface area (Å²) in [6.07, 6.45) is -0.274. The largest absolute Gasteiger partial charge is 0.402 e. The third-order valence-electron chi connectivity index (χ3n) is 1.38. The normalized spacial score (nSPS) is 15.4.